The molecular weight excluding hydrogens is 324 g/mol. The second-order valence-corrected chi connectivity index (χ2v) is 5.84. The molecular formula is C19H28O6. The molecule has 25 heavy (non-hydrogen) atoms. The minimum absolute atomic E-state index is 0.249. The third-order valence-corrected chi connectivity index (χ3v) is 3.69. The van der Waals surface area contributed by atoms with Gasteiger partial charge in [-0.05, 0) is 37.0 Å². The van der Waals surface area contributed by atoms with E-state index in [1.165, 1.54) is 6.42 Å². The molecule has 0 fully saturated rings. The Kier molecular flexibility index (Phi) is 11.1. The number of ether oxygens (including phenoxy) is 1. The third kappa shape index (κ3) is 9.72. The first-order chi connectivity index (χ1) is 12.2. The molecule has 1 aromatic carbocycles. The van der Waals surface area contributed by atoms with Gasteiger partial charge in [-0.15, -0.1) is 0 Å². The number of hydrogen-bond acceptors (Lipinski definition) is 6. The van der Waals surface area contributed by atoms with E-state index in [1.54, 1.807) is 12.1 Å². The summed E-state index contributed by atoms with van der Waals surface area (Å²) < 4.78 is 4.79. The highest BCUT2D eigenvalue weighted by atomic mass is 17.5. The van der Waals surface area contributed by atoms with Crippen LogP contribution in [0.5, 0.6) is 0 Å². The van der Waals surface area contributed by atoms with Crippen LogP contribution in [-0.2, 0) is 26.0 Å². The molecule has 0 bridgehead atoms. The van der Waals surface area contributed by atoms with Crippen LogP contribution in [0, 0.1) is 0 Å². The lowest BCUT2D eigenvalue weighted by Gasteiger charge is -2.05. The van der Waals surface area contributed by atoms with Crippen molar-refractivity contribution in [1.29, 1.82) is 0 Å². The van der Waals surface area contributed by atoms with E-state index in [9.17, 15) is 9.59 Å². The number of hydrogen-bond donors (Lipinski definition) is 0. The second-order valence-electron chi connectivity index (χ2n) is 5.84. The standard InChI is InChI=1S/C19H28O6/c1-3-5-7-8-9-15-22-19(21)24-25-23-18(20)17-13-11-16(12-14-17)10-6-4-2/h11-14H,3-10,15H2,1-2H3. The van der Waals surface area contributed by atoms with Crippen molar-refractivity contribution >= 4 is 12.1 Å². The average molecular weight is 352 g/mol. The first kappa shape index (κ1) is 21.0. The summed E-state index contributed by atoms with van der Waals surface area (Å²) in [5.41, 5.74) is 1.46. The second kappa shape index (κ2) is 13.2. The van der Waals surface area contributed by atoms with Crippen molar-refractivity contribution in [3.05, 3.63) is 35.4 Å². The number of unbranched alkanes of at least 4 members (excludes halogenated alkanes) is 5. The summed E-state index contributed by atoms with van der Waals surface area (Å²) in [5, 5.41) is 4.18. The summed E-state index contributed by atoms with van der Waals surface area (Å²) in [7, 11) is 0. The minimum atomic E-state index is -1.03. The largest absolute Gasteiger partial charge is 0.543 e. The molecule has 0 aliphatic heterocycles. The molecule has 0 unspecified atom stereocenters. The van der Waals surface area contributed by atoms with Gasteiger partial charge in [0.2, 0.25) is 0 Å². The van der Waals surface area contributed by atoms with Gasteiger partial charge in [0.05, 0.1) is 17.2 Å². The lowest BCUT2D eigenvalue weighted by atomic mass is 10.1. The van der Waals surface area contributed by atoms with Gasteiger partial charge in [0.15, 0.2) is 0 Å². The first-order valence-electron chi connectivity index (χ1n) is 8.98. The summed E-state index contributed by atoms with van der Waals surface area (Å²) in [5.74, 6) is -0.741. The predicted molar refractivity (Wildman–Crippen MR) is 92.7 cm³/mol. The Bertz CT molecular complexity index is 497. The first-order valence-corrected chi connectivity index (χ1v) is 8.98. The fourth-order valence-corrected chi connectivity index (χ4v) is 2.20. The fraction of sp³-hybridized carbons (Fsp3) is 0.579. The zero-order chi connectivity index (χ0) is 18.3. The van der Waals surface area contributed by atoms with Crippen LogP contribution >= 0.6 is 0 Å². The van der Waals surface area contributed by atoms with Crippen LogP contribution in [0.4, 0.5) is 4.79 Å². The Balaban J connectivity index is 2.15. The number of benzene rings is 1. The maximum atomic E-state index is 11.7. The molecule has 0 saturated heterocycles. The Hall–Kier alpha value is -2.08. The molecule has 0 saturated carbocycles. The van der Waals surface area contributed by atoms with Crippen LogP contribution in [0.2, 0.25) is 0 Å². The van der Waals surface area contributed by atoms with Crippen molar-refractivity contribution in [2.75, 3.05) is 6.61 Å². The Morgan fingerprint density at radius 1 is 0.840 bits per heavy atom. The highest BCUT2D eigenvalue weighted by molar-refractivity contribution is 5.88. The van der Waals surface area contributed by atoms with Crippen molar-refractivity contribution in [2.45, 2.75) is 65.2 Å². The maximum Gasteiger partial charge on any atom is 0.543 e. The van der Waals surface area contributed by atoms with E-state index in [4.69, 9.17) is 4.74 Å². The topological polar surface area (TPSA) is 71.1 Å². The van der Waals surface area contributed by atoms with E-state index >= 15 is 0 Å². The Labute approximate surface area is 149 Å². The smallest absolute Gasteiger partial charge is 0.432 e. The molecule has 6 nitrogen and oxygen atoms in total. The summed E-state index contributed by atoms with van der Waals surface area (Å²) >= 11 is 0. The molecule has 0 aromatic heterocycles. The van der Waals surface area contributed by atoms with Crippen molar-refractivity contribution in [3.63, 3.8) is 0 Å². The molecule has 6 heteroatoms. The molecule has 0 spiro atoms. The van der Waals surface area contributed by atoms with Crippen LogP contribution < -0.4 is 0 Å². The molecule has 0 aliphatic carbocycles. The van der Waals surface area contributed by atoms with Crippen LogP contribution in [0.25, 0.3) is 0 Å². The van der Waals surface area contributed by atoms with E-state index in [0.717, 1.165) is 50.5 Å². The number of rotatable bonds is 12. The van der Waals surface area contributed by atoms with Gasteiger partial charge in [0.1, 0.15) is 0 Å². The van der Waals surface area contributed by atoms with Gasteiger partial charge in [-0.3, -0.25) is 4.89 Å². The molecule has 140 valence electrons. The highest BCUT2D eigenvalue weighted by Crippen LogP contribution is 2.09. The molecule has 0 atom stereocenters. The number of carbonyl (C=O) groups is 2. The summed E-state index contributed by atoms with van der Waals surface area (Å²) in [6, 6.07) is 7.01. The molecule has 0 radical (unpaired) electrons. The Morgan fingerprint density at radius 3 is 2.20 bits per heavy atom. The van der Waals surface area contributed by atoms with Crippen LogP contribution in [0.15, 0.2) is 24.3 Å². The van der Waals surface area contributed by atoms with Gasteiger partial charge in [-0.2, -0.15) is 0 Å². The minimum Gasteiger partial charge on any atom is -0.432 e. The maximum absolute atomic E-state index is 11.7. The van der Waals surface area contributed by atoms with E-state index in [-0.39, 0.29) is 6.61 Å². The van der Waals surface area contributed by atoms with E-state index in [0.29, 0.717) is 5.56 Å². The summed E-state index contributed by atoms with van der Waals surface area (Å²) in [4.78, 5) is 31.6. The van der Waals surface area contributed by atoms with Gasteiger partial charge in [0.25, 0.3) is 0 Å². The lowest BCUT2D eigenvalue weighted by molar-refractivity contribution is -0.452. The van der Waals surface area contributed by atoms with Gasteiger partial charge in [0, 0.05) is 0 Å². The van der Waals surface area contributed by atoms with Crippen LogP contribution in [0.1, 0.15) is 74.7 Å². The number of aryl methyl sites for hydroxylation is 1. The average Bonchev–Trinajstić information content (AvgIpc) is 2.63. The molecule has 0 N–H and O–H groups in total. The van der Waals surface area contributed by atoms with Crippen molar-refractivity contribution in [1.82, 2.24) is 0 Å². The zero-order valence-corrected chi connectivity index (χ0v) is 15.1. The van der Waals surface area contributed by atoms with Crippen molar-refractivity contribution < 1.29 is 29.1 Å². The van der Waals surface area contributed by atoms with E-state index in [2.05, 4.69) is 28.7 Å². The van der Waals surface area contributed by atoms with Gasteiger partial charge >= 0.3 is 12.1 Å². The van der Waals surface area contributed by atoms with Gasteiger partial charge in [-0.1, -0.05) is 58.1 Å². The molecule has 0 aliphatic rings. The normalized spacial score (nSPS) is 10.3. The SMILES string of the molecule is CCCCCCCOC(=O)OOOC(=O)c1ccc(CCCC)cc1. The number of carbonyl (C=O) groups excluding carboxylic acids is 2. The van der Waals surface area contributed by atoms with Crippen molar-refractivity contribution in [2.24, 2.45) is 0 Å². The predicted octanol–water partition coefficient (Wildman–Crippen LogP) is 5.16. The van der Waals surface area contributed by atoms with E-state index < -0.39 is 12.1 Å². The molecule has 0 amide bonds. The highest BCUT2D eigenvalue weighted by Gasteiger charge is 2.12. The van der Waals surface area contributed by atoms with Gasteiger partial charge in [-0.25, -0.2) is 14.5 Å². The van der Waals surface area contributed by atoms with Crippen LogP contribution in [0.3, 0.4) is 0 Å². The lowest BCUT2D eigenvalue weighted by Crippen LogP contribution is -2.12. The summed E-state index contributed by atoms with van der Waals surface area (Å²) in [6.07, 6.45) is 7.34. The summed E-state index contributed by atoms with van der Waals surface area (Å²) in [6.45, 7) is 4.51. The van der Waals surface area contributed by atoms with Crippen molar-refractivity contribution in [3.8, 4) is 0 Å². The quantitative estimate of drug-likeness (QED) is 0.224. The van der Waals surface area contributed by atoms with Gasteiger partial charge < -0.3 is 4.74 Å². The fourth-order valence-electron chi connectivity index (χ4n) is 2.20. The Morgan fingerprint density at radius 2 is 1.52 bits per heavy atom. The van der Waals surface area contributed by atoms with Crippen LogP contribution in [-0.4, -0.2) is 18.7 Å². The monoisotopic (exact) mass is 352 g/mol. The molecule has 1 aromatic rings. The van der Waals surface area contributed by atoms with E-state index in [1.807, 2.05) is 12.1 Å². The molecule has 0 heterocycles. The zero-order valence-electron chi connectivity index (χ0n) is 15.1. The third-order valence-electron chi connectivity index (χ3n) is 3.69. The molecule has 1 rings (SSSR count).